The molecule has 7 nitrogen and oxygen atoms in total. The number of benzene rings is 2. The summed E-state index contributed by atoms with van der Waals surface area (Å²) in [6.07, 6.45) is 1.08. The predicted molar refractivity (Wildman–Crippen MR) is 111 cm³/mol. The lowest BCUT2D eigenvalue weighted by Gasteiger charge is -2.18. The molecule has 3 rings (SSSR count). The van der Waals surface area contributed by atoms with Crippen LogP contribution in [-0.4, -0.2) is 40.6 Å². The highest BCUT2D eigenvalue weighted by Crippen LogP contribution is 2.30. The van der Waals surface area contributed by atoms with Crippen LogP contribution in [0.4, 0.5) is 5.69 Å². The first-order valence-electron chi connectivity index (χ1n) is 9.56. The number of ether oxygens (including phenoxy) is 2. The second kappa shape index (κ2) is 8.84. The summed E-state index contributed by atoms with van der Waals surface area (Å²) in [6, 6.07) is 11.6. The van der Waals surface area contributed by atoms with Crippen molar-refractivity contribution in [2.24, 2.45) is 0 Å². The van der Waals surface area contributed by atoms with Crippen molar-refractivity contribution >= 4 is 21.6 Å². The van der Waals surface area contributed by atoms with Crippen LogP contribution in [0, 0.1) is 0 Å². The van der Waals surface area contributed by atoms with Gasteiger partial charge in [0.1, 0.15) is 18.1 Å². The van der Waals surface area contributed by atoms with Gasteiger partial charge in [-0.15, -0.1) is 0 Å². The van der Waals surface area contributed by atoms with Crippen LogP contribution in [0.25, 0.3) is 0 Å². The molecular weight excluding hydrogens is 392 g/mol. The average Bonchev–Trinajstić information content (AvgIpc) is 3.15. The van der Waals surface area contributed by atoms with E-state index in [2.05, 4.69) is 4.72 Å². The van der Waals surface area contributed by atoms with E-state index in [0.717, 1.165) is 17.0 Å². The third kappa shape index (κ3) is 4.89. The highest BCUT2D eigenvalue weighted by atomic mass is 32.2. The minimum absolute atomic E-state index is 0.0433. The molecule has 0 aliphatic carbocycles. The summed E-state index contributed by atoms with van der Waals surface area (Å²) in [5.74, 6) is 1.40. The van der Waals surface area contributed by atoms with Gasteiger partial charge in [0, 0.05) is 18.7 Å². The lowest BCUT2D eigenvalue weighted by atomic mass is 10.2. The first-order valence-corrected chi connectivity index (χ1v) is 11.0. The van der Waals surface area contributed by atoms with Gasteiger partial charge in [0.15, 0.2) is 0 Å². The van der Waals surface area contributed by atoms with Gasteiger partial charge >= 0.3 is 0 Å². The molecule has 156 valence electrons. The summed E-state index contributed by atoms with van der Waals surface area (Å²) in [4.78, 5) is 13.9. The summed E-state index contributed by atoms with van der Waals surface area (Å²) in [6.45, 7) is 4.34. The van der Waals surface area contributed by atoms with Crippen LogP contribution in [-0.2, 0) is 21.2 Å². The third-order valence-electron chi connectivity index (χ3n) is 4.78. The molecule has 0 fully saturated rings. The van der Waals surface area contributed by atoms with Crippen molar-refractivity contribution in [2.75, 3.05) is 25.2 Å². The van der Waals surface area contributed by atoms with Crippen LogP contribution in [0.3, 0.4) is 0 Å². The number of nitrogens with one attached hydrogen (secondary N) is 1. The molecule has 1 aliphatic rings. The standard InChI is InChI=1S/C21H26N2O5S/c1-4-21(24)23-12-11-16-13-19(9-10-20(16)23)29(25,26)22-15(2)14-28-18-7-5-17(27-3)6-8-18/h5-10,13,15,22H,4,11-12,14H2,1-3H3/t15-/m1/s1. The molecule has 1 amide bonds. The van der Waals surface area contributed by atoms with E-state index in [1.54, 1.807) is 61.4 Å². The highest BCUT2D eigenvalue weighted by Gasteiger charge is 2.26. The molecule has 0 spiro atoms. The Morgan fingerprint density at radius 3 is 2.52 bits per heavy atom. The quantitative estimate of drug-likeness (QED) is 0.713. The van der Waals surface area contributed by atoms with Gasteiger partial charge in [0.25, 0.3) is 0 Å². The van der Waals surface area contributed by atoms with E-state index in [-0.39, 0.29) is 17.4 Å². The first kappa shape index (κ1) is 21.1. The van der Waals surface area contributed by atoms with E-state index in [1.807, 2.05) is 6.92 Å². The van der Waals surface area contributed by atoms with Gasteiger partial charge in [-0.05, 0) is 61.4 Å². The molecule has 0 saturated heterocycles. The Kier molecular flexibility index (Phi) is 6.44. The number of carbonyl (C=O) groups excluding carboxylic acids is 1. The van der Waals surface area contributed by atoms with E-state index in [1.165, 1.54) is 0 Å². The molecular formula is C21H26N2O5S. The molecule has 1 atom stereocenters. The zero-order valence-electron chi connectivity index (χ0n) is 16.8. The van der Waals surface area contributed by atoms with Crippen molar-refractivity contribution in [3.8, 4) is 11.5 Å². The SMILES string of the molecule is CCC(=O)N1CCc2cc(S(=O)(=O)N[C@H](C)COc3ccc(OC)cc3)ccc21. The number of amides is 1. The maximum atomic E-state index is 12.7. The third-order valence-corrected chi connectivity index (χ3v) is 6.36. The minimum atomic E-state index is -3.69. The van der Waals surface area contributed by atoms with Crippen molar-refractivity contribution in [3.05, 3.63) is 48.0 Å². The van der Waals surface area contributed by atoms with E-state index in [0.29, 0.717) is 25.1 Å². The topological polar surface area (TPSA) is 84.9 Å². The maximum Gasteiger partial charge on any atom is 0.240 e. The molecule has 1 heterocycles. The number of carbonyl (C=O) groups is 1. The molecule has 0 radical (unpaired) electrons. The second-order valence-electron chi connectivity index (χ2n) is 6.95. The van der Waals surface area contributed by atoms with Crippen LogP contribution in [0.2, 0.25) is 0 Å². The Balaban J connectivity index is 1.64. The summed E-state index contributed by atoms with van der Waals surface area (Å²) in [5.41, 5.74) is 1.67. The van der Waals surface area contributed by atoms with E-state index in [9.17, 15) is 13.2 Å². The number of methoxy groups -OCH3 is 1. The molecule has 1 N–H and O–H groups in total. The van der Waals surface area contributed by atoms with Gasteiger partial charge in [-0.25, -0.2) is 13.1 Å². The van der Waals surface area contributed by atoms with Crippen molar-refractivity contribution in [3.63, 3.8) is 0 Å². The van der Waals surface area contributed by atoms with E-state index in [4.69, 9.17) is 9.47 Å². The van der Waals surface area contributed by atoms with Gasteiger partial charge in [0.05, 0.1) is 18.0 Å². The van der Waals surface area contributed by atoms with E-state index < -0.39 is 16.1 Å². The maximum absolute atomic E-state index is 12.7. The van der Waals surface area contributed by atoms with Crippen LogP contribution in [0.15, 0.2) is 47.4 Å². The summed E-state index contributed by atoms with van der Waals surface area (Å²) >= 11 is 0. The van der Waals surface area contributed by atoms with E-state index >= 15 is 0 Å². The molecule has 0 bridgehead atoms. The molecule has 2 aromatic carbocycles. The molecule has 0 unspecified atom stereocenters. The van der Waals surface area contributed by atoms with Crippen LogP contribution >= 0.6 is 0 Å². The summed E-state index contributed by atoms with van der Waals surface area (Å²) < 4.78 is 38.9. The Morgan fingerprint density at radius 2 is 1.86 bits per heavy atom. The molecule has 8 heteroatoms. The fourth-order valence-electron chi connectivity index (χ4n) is 3.26. The number of hydrogen-bond acceptors (Lipinski definition) is 5. The monoisotopic (exact) mass is 418 g/mol. The van der Waals surface area contributed by atoms with Gasteiger partial charge in [0.2, 0.25) is 15.9 Å². The molecule has 2 aromatic rings. The van der Waals surface area contributed by atoms with Gasteiger partial charge in [-0.1, -0.05) is 6.92 Å². The van der Waals surface area contributed by atoms with Gasteiger partial charge in [-0.2, -0.15) is 0 Å². The lowest BCUT2D eigenvalue weighted by molar-refractivity contribution is -0.118. The van der Waals surface area contributed by atoms with Crippen LogP contribution < -0.4 is 19.1 Å². The number of nitrogens with zero attached hydrogens (tertiary/aromatic N) is 1. The molecule has 29 heavy (non-hydrogen) atoms. The zero-order chi connectivity index (χ0) is 21.0. The van der Waals surface area contributed by atoms with Crippen molar-refractivity contribution in [1.29, 1.82) is 0 Å². The van der Waals surface area contributed by atoms with Gasteiger partial charge < -0.3 is 14.4 Å². The second-order valence-corrected chi connectivity index (χ2v) is 8.66. The Bertz CT molecular complexity index is 973. The number of hydrogen-bond donors (Lipinski definition) is 1. The molecule has 1 aliphatic heterocycles. The Hall–Kier alpha value is -2.58. The van der Waals surface area contributed by atoms with Crippen molar-refractivity contribution in [1.82, 2.24) is 4.72 Å². The van der Waals surface area contributed by atoms with Crippen LogP contribution in [0.5, 0.6) is 11.5 Å². The Labute approximate surface area is 171 Å². The fourth-order valence-corrected chi connectivity index (χ4v) is 4.53. The summed E-state index contributed by atoms with van der Waals surface area (Å²) in [5, 5.41) is 0. The number of anilines is 1. The number of sulfonamides is 1. The number of fused-ring (bicyclic) bond motifs is 1. The number of rotatable bonds is 8. The lowest BCUT2D eigenvalue weighted by Crippen LogP contribution is -2.36. The Morgan fingerprint density at radius 1 is 1.17 bits per heavy atom. The normalized spacial score (nSPS) is 14.4. The van der Waals surface area contributed by atoms with Gasteiger partial charge in [-0.3, -0.25) is 4.79 Å². The average molecular weight is 419 g/mol. The zero-order valence-corrected chi connectivity index (χ0v) is 17.7. The van der Waals surface area contributed by atoms with Crippen molar-refractivity contribution < 1.29 is 22.7 Å². The predicted octanol–water partition coefficient (Wildman–Crippen LogP) is 2.74. The largest absolute Gasteiger partial charge is 0.497 e. The minimum Gasteiger partial charge on any atom is -0.497 e. The smallest absolute Gasteiger partial charge is 0.240 e. The van der Waals surface area contributed by atoms with Crippen LogP contribution in [0.1, 0.15) is 25.8 Å². The summed E-state index contributed by atoms with van der Waals surface area (Å²) in [7, 11) is -2.10. The molecule has 0 aromatic heterocycles. The first-order chi connectivity index (χ1) is 13.8. The molecule has 0 saturated carbocycles. The highest BCUT2D eigenvalue weighted by molar-refractivity contribution is 7.89. The van der Waals surface area contributed by atoms with Crippen molar-refractivity contribution in [2.45, 2.75) is 37.6 Å². The fraction of sp³-hybridized carbons (Fsp3) is 0.381.